The van der Waals surface area contributed by atoms with Crippen molar-refractivity contribution in [1.82, 2.24) is 4.90 Å². The molecular weight excluding hydrogens is 332 g/mol. The van der Waals surface area contributed by atoms with Gasteiger partial charge in [0, 0.05) is 12.2 Å². The second kappa shape index (κ2) is 7.59. The van der Waals surface area contributed by atoms with E-state index in [0.29, 0.717) is 17.8 Å². The normalized spacial score (nSPS) is 24.0. The van der Waals surface area contributed by atoms with Crippen molar-refractivity contribution in [2.24, 2.45) is 17.8 Å². The molecule has 2 bridgehead atoms. The molecule has 3 nitrogen and oxygen atoms in total. The van der Waals surface area contributed by atoms with Gasteiger partial charge in [-0.05, 0) is 67.7 Å². The molecular formula is C24H28N2O. The van der Waals surface area contributed by atoms with Crippen LogP contribution in [-0.4, -0.2) is 17.5 Å². The van der Waals surface area contributed by atoms with Gasteiger partial charge in [0.2, 0.25) is 0 Å². The van der Waals surface area contributed by atoms with E-state index in [-0.39, 0.29) is 12.1 Å². The topological polar surface area (TPSA) is 32.3 Å². The lowest BCUT2D eigenvalue weighted by Crippen LogP contribution is -2.41. The fraction of sp³-hybridized carbons (Fsp3) is 0.375. The standard InChI is InChI=1S/C24H28N2O/c1-17-7-6-10-23(13-17)25-24(27)26(18(2)20-8-4-3-5-9-20)16-22-15-19-11-12-21(22)14-19/h3-13,18-19,21-22H,14-16H2,1-2H3,(H,25,27). The van der Waals surface area contributed by atoms with Crippen LogP contribution in [0, 0.1) is 24.7 Å². The molecule has 2 aromatic carbocycles. The van der Waals surface area contributed by atoms with E-state index in [1.54, 1.807) is 0 Å². The molecule has 4 unspecified atom stereocenters. The number of nitrogens with one attached hydrogen (secondary N) is 1. The van der Waals surface area contributed by atoms with Crippen molar-refractivity contribution < 1.29 is 4.79 Å². The van der Waals surface area contributed by atoms with Crippen LogP contribution in [0.25, 0.3) is 0 Å². The maximum atomic E-state index is 13.2. The lowest BCUT2D eigenvalue weighted by molar-refractivity contribution is 0.173. The van der Waals surface area contributed by atoms with Crippen LogP contribution in [0.2, 0.25) is 0 Å². The highest BCUT2D eigenvalue weighted by atomic mass is 16.2. The number of carbonyl (C=O) groups is 1. The SMILES string of the molecule is Cc1cccc(NC(=O)N(CC2CC3C=CC2C3)C(C)c2ccccc2)c1. The van der Waals surface area contributed by atoms with E-state index < -0.39 is 0 Å². The molecule has 3 heteroatoms. The first kappa shape index (κ1) is 17.8. The highest BCUT2D eigenvalue weighted by Gasteiger charge is 2.38. The van der Waals surface area contributed by atoms with Gasteiger partial charge in [-0.25, -0.2) is 4.79 Å². The van der Waals surface area contributed by atoms with Gasteiger partial charge < -0.3 is 10.2 Å². The Morgan fingerprint density at radius 3 is 2.59 bits per heavy atom. The number of hydrogen-bond acceptors (Lipinski definition) is 1. The molecule has 1 saturated carbocycles. The molecule has 2 aliphatic carbocycles. The van der Waals surface area contributed by atoms with Gasteiger partial charge in [-0.2, -0.15) is 0 Å². The minimum absolute atomic E-state index is 0.0105. The molecule has 140 valence electrons. The van der Waals surface area contributed by atoms with Gasteiger partial charge in [0.15, 0.2) is 0 Å². The number of allylic oxidation sites excluding steroid dienone is 2. The van der Waals surface area contributed by atoms with Crippen LogP contribution in [0.5, 0.6) is 0 Å². The quantitative estimate of drug-likeness (QED) is 0.671. The number of nitrogens with zero attached hydrogens (tertiary/aromatic N) is 1. The molecule has 1 fully saturated rings. The zero-order valence-corrected chi connectivity index (χ0v) is 16.1. The number of carbonyl (C=O) groups excluding carboxylic acids is 1. The van der Waals surface area contributed by atoms with Gasteiger partial charge in [-0.3, -0.25) is 0 Å². The smallest absolute Gasteiger partial charge is 0.317 e. The summed E-state index contributed by atoms with van der Waals surface area (Å²) in [6.45, 7) is 4.98. The first-order chi connectivity index (χ1) is 13.1. The minimum atomic E-state index is -0.0105. The van der Waals surface area contributed by atoms with Crippen molar-refractivity contribution in [3.05, 3.63) is 77.9 Å². The van der Waals surface area contributed by atoms with Crippen molar-refractivity contribution in [1.29, 1.82) is 0 Å². The predicted octanol–water partition coefficient (Wildman–Crippen LogP) is 5.80. The van der Waals surface area contributed by atoms with E-state index in [0.717, 1.165) is 17.8 Å². The molecule has 0 radical (unpaired) electrons. The zero-order valence-electron chi connectivity index (χ0n) is 16.1. The second-order valence-electron chi connectivity index (χ2n) is 8.08. The van der Waals surface area contributed by atoms with Crippen LogP contribution in [0.1, 0.15) is 36.9 Å². The van der Waals surface area contributed by atoms with Crippen LogP contribution in [0.15, 0.2) is 66.7 Å². The molecule has 0 heterocycles. The van der Waals surface area contributed by atoms with Crippen molar-refractivity contribution in [2.45, 2.75) is 32.7 Å². The van der Waals surface area contributed by atoms with Gasteiger partial charge in [-0.15, -0.1) is 0 Å². The summed E-state index contributed by atoms with van der Waals surface area (Å²) in [4.78, 5) is 15.3. The fourth-order valence-electron chi connectivity index (χ4n) is 4.60. The minimum Gasteiger partial charge on any atom is -0.317 e. The van der Waals surface area contributed by atoms with Crippen LogP contribution in [0.4, 0.5) is 10.5 Å². The summed E-state index contributed by atoms with van der Waals surface area (Å²) in [6.07, 6.45) is 7.19. The van der Waals surface area contributed by atoms with Gasteiger partial charge in [-0.1, -0.05) is 54.6 Å². The summed E-state index contributed by atoms with van der Waals surface area (Å²) < 4.78 is 0. The van der Waals surface area contributed by atoms with Gasteiger partial charge in [0.05, 0.1) is 6.04 Å². The Morgan fingerprint density at radius 1 is 1.11 bits per heavy atom. The molecule has 0 spiro atoms. The fourth-order valence-corrected chi connectivity index (χ4v) is 4.60. The van der Waals surface area contributed by atoms with E-state index in [1.165, 1.54) is 18.4 Å². The van der Waals surface area contributed by atoms with Crippen molar-refractivity contribution in [3.8, 4) is 0 Å². The van der Waals surface area contributed by atoms with E-state index in [4.69, 9.17) is 0 Å². The monoisotopic (exact) mass is 360 g/mol. The summed E-state index contributed by atoms with van der Waals surface area (Å²) in [5.74, 6) is 1.91. The third kappa shape index (κ3) is 3.92. The van der Waals surface area contributed by atoms with E-state index in [1.807, 2.05) is 54.3 Å². The molecule has 27 heavy (non-hydrogen) atoms. The number of rotatable bonds is 5. The number of amides is 2. The Labute approximate surface area is 162 Å². The Hall–Kier alpha value is -2.55. The Bertz CT molecular complexity index is 829. The molecule has 0 aromatic heterocycles. The number of fused-ring (bicyclic) bond motifs is 2. The molecule has 0 aliphatic heterocycles. The molecule has 2 amide bonds. The van der Waals surface area contributed by atoms with Crippen molar-refractivity contribution in [3.63, 3.8) is 0 Å². The molecule has 4 atom stereocenters. The average molecular weight is 361 g/mol. The molecule has 2 aliphatic rings. The largest absolute Gasteiger partial charge is 0.322 e. The average Bonchev–Trinajstić information content (AvgIpc) is 3.29. The lowest BCUT2D eigenvalue weighted by atomic mass is 9.92. The summed E-state index contributed by atoms with van der Waals surface area (Å²) in [5, 5.41) is 3.12. The third-order valence-electron chi connectivity index (χ3n) is 6.13. The van der Waals surface area contributed by atoms with Crippen LogP contribution >= 0.6 is 0 Å². The van der Waals surface area contributed by atoms with E-state index in [2.05, 4.69) is 36.5 Å². The summed E-state index contributed by atoms with van der Waals surface area (Å²) >= 11 is 0. The summed E-state index contributed by atoms with van der Waals surface area (Å²) in [7, 11) is 0. The Balaban J connectivity index is 1.55. The lowest BCUT2D eigenvalue weighted by Gasteiger charge is -2.34. The second-order valence-corrected chi connectivity index (χ2v) is 8.08. The van der Waals surface area contributed by atoms with Crippen molar-refractivity contribution >= 4 is 11.7 Å². The van der Waals surface area contributed by atoms with E-state index >= 15 is 0 Å². The first-order valence-electron chi connectivity index (χ1n) is 9.97. The molecule has 4 rings (SSSR count). The summed E-state index contributed by atoms with van der Waals surface area (Å²) in [5.41, 5.74) is 3.18. The van der Waals surface area contributed by atoms with Gasteiger partial charge in [0.1, 0.15) is 0 Å². The molecule has 2 aromatic rings. The maximum Gasteiger partial charge on any atom is 0.322 e. The van der Waals surface area contributed by atoms with Crippen LogP contribution in [0.3, 0.4) is 0 Å². The Morgan fingerprint density at radius 2 is 1.93 bits per heavy atom. The van der Waals surface area contributed by atoms with Gasteiger partial charge in [0.25, 0.3) is 0 Å². The predicted molar refractivity (Wildman–Crippen MR) is 111 cm³/mol. The third-order valence-corrected chi connectivity index (χ3v) is 6.13. The number of hydrogen-bond donors (Lipinski definition) is 1. The highest BCUT2D eigenvalue weighted by molar-refractivity contribution is 5.89. The Kier molecular flexibility index (Phi) is 5.02. The number of benzene rings is 2. The maximum absolute atomic E-state index is 13.2. The molecule has 0 saturated heterocycles. The summed E-state index contributed by atoms with van der Waals surface area (Å²) in [6, 6.07) is 18.4. The number of urea groups is 1. The van der Waals surface area contributed by atoms with E-state index in [9.17, 15) is 4.79 Å². The van der Waals surface area contributed by atoms with Crippen LogP contribution in [-0.2, 0) is 0 Å². The van der Waals surface area contributed by atoms with Crippen molar-refractivity contribution in [2.75, 3.05) is 11.9 Å². The highest BCUT2D eigenvalue weighted by Crippen LogP contribution is 2.44. The zero-order chi connectivity index (χ0) is 18.8. The first-order valence-corrected chi connectivity index (χ1v) is 9.97. The van der Waals surface area contributed by atoms with Gasteiger partial charge >= 0.3 is 6.03 Å². The molecule has 1 N–H and O–H groups in total. The van der Waals surface area contributed by atoms with Crippen LogP contribution < -0.4 is 5.32 Å². The number of aryl methyl sites for hydroxylation is 1. The number of anilines is 1.